The number of fused-ring (bicyclic) bond motifs is 1. The first kappa shape index (κ1) is 18.4. The van der Waals surface area contributed by atoms with E-state index >= 15 is 0 Å². The monoisotopic (exact) mass is 339 g/mol. The summed E-state index contributed by atoms with van der Waals surface area (Å²) in [6.45, 7) is 4.93. The Morgan fingerprint density at radius 1 is 1.10 bits per heavy atom. The molecule has 2 unspecified atom stereocenters. The number of halogens is 2. The first-order chi connectivity index (χ1) is 8.92. The highest BCUT2D eigenvalue weighted by Crippen LogP contribution is 2.28. The maximum atomic E-state index is 4.73. The highest BCUT2D eigenvalue weighted by Gasteiger charge is 2.28. The lowest BCUT2D eigenvalue weighted by Gasteiger charge is -2.35. The van der Waals surface area contributed by atoms with E-state index in [2.05, 4.69) is 10.2 Å². The van der Waals surface area contributed by atoms with Gasteiger partial charge in [0.1, 0.15) is 0 Å². The van der Waals surface area contributed by atoms with Gasteiger partial charge in [-0.3, -0.25) is 4.99 Å². The summed E-state index contributed by atoms with van der Waals surface area (Å²) in [4.78, 5) is 7.31. The highest BCUT2D eigenvalue weighted by molar-refractivity contribution is 8.13. The first-order valence-electron chi connectivity index (χ1n) is 7.58. The number of hydrogen-bond donors (Lipinski definition) is 1. The molecule has 2 fully saturated rings. The van der Waals surface area contributed by atoms with E-state index in [1.165, 1.54) is 69.1 Å². The van der Waals surface area contributed by atoms with Gasteiger partial charge >= 0.3 is 0 Å². The van der Waals surface area contributed by atoms with Crippen LogP contribution in [0.4, 0.5) is 0 Å². The molecule has 2 heterocycles. The lowest BCUT2D eigenvalue weighted by Crippen LogP contribution is -2.46. The van der Waals surface area contributed by atoms with E-state index in [1.54, 1.807) is 0 Å². The van der Waals surface area contributed by atoms with Crippen LogP contribution >= 0.6 is 36.6 Å². The van der Waals surface area contributed by atoms with Gasteiger partial charge in [-0.05, 0) is 44.7 Å². The van der Waals surface area contributed by atoms with Crippen LogP contribution in [0.5, 0.6) is 0 Å². The van der Waals surface area contributed by atoms with Gasteiger partial charge in [-0.2, -0.15) is 0 Å². The maximum absolute atomic E-state index is 4.73. The molecule has 3 rings (SSSR count). The van der Waals surface area contributed by atoms with Gasteiger partial charge in [-0.25, -0.2) is 0 Å². The van der Waals surface area contributed by atoms with Crippen molar-refractivity contribution in [3.05, 3.63) is 0 Å². The number of nitrogens with zero attached hydrogens (tertiary/aromatic N) is 2. The molecule has 2 atom stereocenters. The second kappa shape index (κ2) is 9.39. The molecule has 3 nitrogen and oxygen atoms in total. The molecule has 1 saturated carbocycles. The molecule has 0 aromatic rings. The third kappa shape index (κ3) is 4.97. The van der Waals surface area contributed by atoms with Crippen molar-refractivity contribution in [2.75, 3.05) is 31.9 Å². The number of rotatable bonds is 3. The van der Waals surface area contributed by atoms with Gasteiger partial charge in [0.2, 0.25) is 0 Å². The first-order valence-corrected chi connectivity index (χ1v) is 8.56. The lowest BCUT2D eigenvalue weighted by molar-refractivity contribution is 0.285. The molecule has 0 radical (unpaired) electrons. The average molecular weight is 340 g/mol. The van der Waals surface area contributed by atoms with Gasteiger partial charge in [0.05, 0.1) is 0 Å². The van der Waals surface area contributed by atoms with Crippen molar-refractivity contribution in [3.63, 3.8) is 0 Å². The van der Waals surface area contributed by atoms with Gasteiger partial charge in [-0.1, -0.05) is 24.6 Å². The molecule has 1 N–H and O–H groups in total. The topological polar surface area (TPSA) is 27.6 Å². The molecule has 0 aromatic carbocycles. The van der Waals surface area contributed by atoms with E-state index in [4.69, 9.17) is 4.99 Å². The van der Waals surface area contributed by atoms with Gasteiger partial charge < -0.3 is 10.2 Å². The van der Waals surface area contributed by atoms with E-state index < -0.39 is 0 Å². The Morgan fingerprint density at radius 3 is 2.65 bits per heavy atom. The summed E-state index contributed by atoms with van der Waals surface area (Å²) in [6, 6.07) is 0.727. The summed E-state index contributed by atoms with van der Waals surface area (Å²) in [5.41, 5.74) is 0. The molecule has 3 aliphatic rings. The molecule has 0 spiro atoms. The molecule has 1 aliphatic carbocycles. The van der Waals surface area contributed by atoms with Crippen LogP contribution in [0.25, 0.3) is 0 Å². The number of amidine groups is 1. The molecular weight excluding hydrogens is 313 g/mol. The second-order valence-electron chi connectivity index (χ2n) is 5.84. The summed E-state index contributed by atoms with van der Waals surface area (Å²) >= 11 is 1.94. The second-order valence-corrected chi connectivity index (χ2v) is 6.92. The van der Waals surface area contributed by atoms with Crippen LogP contribution in [0.3, 0.4) is 0 Å². The molecule has 2 aliphatic heterocycles. The molecule has 1 saturated heterocycles. The average Bonchev–Trinajstić information content (AvgIpc) is 2.92. The van der Waals surface area contributed by atoms with Gasteiger partial charge in [0, 0.05) is 24.9 Å². The Labute approximate surface area is 139 Å². The van der Waals surface area contributed by atoms with Gasteiger partial charge in [0.25, 0.3) is 0 Å². The van der Waals surface area contributed by atoms with Crippen molar-refractivity contribution in [2.24, 2.45) is 10.9 Å². The van der Waals surface area contributed by atoms with E-state index in [1.807, 2.05) is 11.8 Å². The van der Waals surface area contributed by atoms with Crippen molar-refractivity contribution in [2.45, 2.75) is 44.6 Å². The fourth-order valence-corrected chi connectivity index (χ4v) is 4.33. The van der Waals surface area contributed by atoms with Crippen molar-refractivity contribution in [1.82, 2.24) is 10.2 Å². The molecule has 20 heavy (non-hydrogen) atoms. The molecular formula is C14H27Cl2N3S. The summed E-state index contributed by atoms with van der Waals surface area (Å²) in [6.07, 6.45) is 8.35. The van der Waals surface area contributed by atoms with Crippen LogP contribution in [0.2, 0.25) is 0 Å². The largest absolute Gasteiger partial charge is 0.362 e. The maximum Gasteiger partial charge on any atom is 0.156 e. The minimum absolute atomic E-state index is 0. The molecule has 118 valence electrons. The minimum Gasteiger partial charge on any atom is -0.362 e. The van der Waals surface area contributed by atoms with E-state index in [-0.39, 0.29) is 24.8 Å². The predicted octanol–water partition coefficient (Wildman–Crippen LogP) is 3.18. The van der Waals surface area contributed by atoms with Crippen LogP contribution in [0, 0.1) is 5.92 Å². The normalized spacial score (nSPS) is 29.5. The fourth-order valence-electron chi connectivity index (χ4n) is 3.39. The molecule has 0 aromatic heterocycles. The Bertz CT molecular complexity index is 309. The minimum atomic E-state index is 0. The Balaban J connectivity index is 0.000001000. The van der Waals surface area contributed by atoms with Crippen molar-refractivity contribution in [3.8, 4) is 0 Å². The standard InChI is InChI=1S/C14H25N3S.2ClH/c1-2-6-13-12(5-1)11-15-14(16-13)18-10-9-17-7-3-4-8-17;;/h12-13H,1-11H2,(H,15,16);2*1H. The molecule has 0 amide bonds. The lowest BCUT2D eigenvalue weighted by atomic mass is 9.84. The van der Waals surface area contributed by atoms with Crippen molar-refractivity contribution < 1.29 is 0 Å². The van der Waals surface area contributed by atoms with Crippen molar-refractivity contribution in [1.29, 1.82) is 0 Å². The van der Waals surface area contributed by atoms with E-state index in [0.717, 1.165) is 18.5 Å². The van der Waals surface area contributed by atoms with Crippen LogP contribution in [0.15, 0.2) is 4.99 Å². The summed E-state index contributed by atoms with van der Waals surface area (Å²) in [5.74, 6) is 2.02. The number of hydrogen-bond acceptors (Lipinski definition) is 4. The van der Waals surface area contributed by atoms with Crippen LogP contribution in [-0.4, -0.2) is 48.0 Å². The predicted molar refractivity (Wildman–Crippen MR) is 93.8 cm³/mol. The van der Waals surface area contributed by atoms with Crippen molar-refractivity contribution >= 4 is 41.7 Å². The SMILES string of the molecule is C1CCC2NC(SCCN3CCCC3)=NCC2C1.Cl.Cl. The number of likely N-dealkylation sites (tertiary alicyclic amines) is 1. The Hall–Kier alpha value is 0.360. The van der Waals surface area contributed by atoms with Crippen LogP contribution in [-0.2, 0) is 0 Å². The Morgan fingerprint density at radius 2 is 1.85 bits per heavy atom. The molecule has 6 heteroatoms. The summed E-state index contributed by atoms with van der Waals surface area (Å²) in [5, 5.41) is 4.89. The summed E-state index contributed by atoms with van der Waals surface area (Å²) in [7, 11) is 0. The third-order valence-corrected chi connectivity index (χ3v) is 5.44. The smallest absolute Gasteiger partial charge is 0.156 e. The zero-order valence-electron chi connectivity index (χ0n) is 12.1. The third-order valence-electron chi connectivity index (χ3n) is 4.53. The van der Waals surface area contributed by atoms with E-state index in [0.29, 0.717) is 0 Å². The zero-order valence-corrected chi connectivity index (χ0v) is 14.5. The number of nitrogens with one attached hydrogen (secondary N) is 1. The van der Waals surface area contributed by atoms with Crippen LogP contribution in [0.1, 0.15) is 38.5 Å². The van der Waals surface area contributed by atoms with Gasteiger partial charge in [-0.15, -0.1) is 24.8 Å². The van der Waals surface area contributed by atoms with E-state index in [9.17, 15) is 0 Å². The quantitative estimate of drug-likeness (QED) is 0.855. The fraction of sp³-hybridized carbons (Fsp3) is 0.929. The Kier molecular flexibility index (Phi) is 8.64. The van der Waals surface area contributed by atoms with Crippen LogP contribution < -0.4 is 5.32 Å². The highest BCUT2D eigenvalue weighted by atomic mass is 35.5. The number of aliphatic imine (C=N–C) groups is 1. The zero-order chi connectivity index (χ0) is 12.2. The summed E-state index contributed by atoms with van der Waals surface area (Å²) < 4.78 is 0. The van der Waals surface area contributed by atoms with Gasteiger partial charge in [0.15, 0.2) is 5.17 Å². The molecule has 0 bridgehead atoms. The number of thioether (sulfide) groups is 1.